The van der Waals surface area contributed by atoms with Crippen LogP contribution in [-0.2, 0) is 4.79 Å². The van der Waals surface area contributed by atoms with E-state index in [0.717, 1.165) is 5.52 Å². The van der Waals surface area contributed by atoms with Gasteiger partial charge < -0.3 is 14.7 Å². The monoisotopic (exact) mass is 431 g/mol. The molecule has 0 bridgehead atoms. The molecular formula is C22H17N5O3S. The molecule has 0 unspecified atom stereocenters. The molecule has 154 valence electrons. The highest BCUT2D eigenvalue weighted by atomic mass is 32.1. The van der Waals surface area contributed by atoms with E-state index in [9.17, 15) is 9.59 Å². The smallest absolute Gasteiger partial charge is 0.298 e. The van der Waals surface area contributed by atoms with Crippen LogP contribution >= 0.6 is 11.3 Å². The maximum absolute atomic E-state index is 13.0. The Morgan fingerprint density at radius 3 is 2.81 bits per heavy atom. The molecule has 31 heavy (non-hydrogen) atoms. The number of Topliss-reactive ketones (excluding diaryl/α,β-unsaturated/α-hetero) is 1. The second-order valence-corrected chi connectivity index (χ2v) is 7.87. The van der Waals surface area contributed by atoms with E-state index in [0.29, 0.717) is 44.7 Å². The van der Waals surface area contributed by atoms with Crippen molar-refractivity contribution in [3.8, 4) is 16.6 Å². The van der Waals surface area contributed by atoms with Gasteiger partial charge in [-0.3, -0.25) is 9.59 Å². The molecule has 0 radical (unpaired) electrons. The number of para-hydroxylation sites is 1. The summed E-state index contributed by atoms with van der Waals surface area (Å²) in [5, 5.41) is 10.2. The molecule has 1 amide bonds. The Labute approximate surface area is 180 Å². The molecule has 2 N–H and O–H groups in total. The van der Waals surface area contributed by atoms with Gasteiger partial charge >= 0.3 is 0 Å². The lowest BCUT2D eigenvalue weighted by Gasteiger charge is -2.06. The van der Waals surface area contributed by atoms with Gasteiger partial charge in [-0.05, 0) is 32.0 Å². The van der Waals surface area contributed by atoms with Crippen LogP contribution in [-0.4, -0.2) is 31.4 Å². The van der Waals surface area contributed by atoms with Gasteiger partial charge in [0.1, 0.15) is 11.5 Å². The van der Waals surface area contributed by atoms with Crippen LogP contribution in [0.4, 0.5) is 5.82 Å². The van der Waals surface area contributed by atoms with E-state index in [4.69, 9.17) is 4.42 Å². The summed E-state index contributed by atoms with van der Waals surface area (Å²) >= 11 is 1.35. The second-order valence-electron chi connectivity index (χ2n) is 7.03. The lowest BCUT2D eigenvalue weighted by Crippen LogP contribution is -2.24. The number of nitrogens with one attached hydrogen (secondary N) is 2. The van der Waals surface area contributed by atoms with E-state index in [-0.39, 0.29) is 0 Å². The second kappa shape index (κ2) is 7.37. The summed E-state index contributed by atoms with van der Waals surface area (Å²) in [7, 11) is 0. The van der Waals surface area contributed by atoms with Gasteiger partial charge in [0.05, 0.1) is 17.5 Å². The van der Waals surface area contributed by atoms with Crippen molar-refractivity contribution in [1.29, 1.82) is 0 Å². The van der Waals surface area contributed by atoms with Gasteiger partial charge in [0.15, 0.2) is 5.76 Å². The lowest BCUT2D eigenvalue weighted by atomic mass is 10.1. The number of furan rings is 1. The number of carbonyl (C=O) groups excluding carboxylic acids is 2. The van der Waals surface area contributed by atoms with Gasteiger partial charge in [0.2, 0.25) is 5.13 Å². The number of amides is 1. The maximum atomic E-state index is 13.0. The number of aromatic amines is 1. The molecule has 0 saturated carbocycles. The van der Waals surface area contributed by atoms with E-state index in [2.05, 4.69) is 20.4 Å². The minimum absolute atomic E-state index is 0.366. The molecule has 9 heteroatoms. The third-order valence-corrected chi connectivity index (χ3v) is 5.66. The highest BCUT2D eigenvalue weighted by Gasteiger charge is 2.24. The first-order chi connectivity index (χ1) is 15.0. The maximum Gasteiger partial charge on any atom is 0.298 e. The van der Waals surface area contributed by atoms with Gasteiger partial charge in [0.25, 0.3) is 11.7 Å². The molecule has 0 aliphatic carbocycles. The van der Waals surface area contributed by atoms with Crippen LogP contribution in [0.15, 0.2) is 58.5 Å². The summed E-state index contributed by atoms with van der Waals surface area (Å²) < 4.78 is 6.90. The van der Waals surface area contributed by atoms with Gasteiger partial charge in [0, 0.05) is 28.0 Å². The van der Waals surface area contributed by atoms with Gasteiger partial charge in [-0.1, -0.05) is 18.2 Å². The number of aromatic nitrogens is 4. The quantitative estimate of drug-likeness (QED) is 0.315. The van der Waals surface area contributed by atoms with Crippen LogP contribution < -0.4 is 5.32 Å². The Morgan fingerprint density at radius 2 is 2.00 bits per heavy atom. The largest absolute Gasteiger partial charge is 0.463 e. The van der Waals surface area contributed by atoms with Crippen LogP contribution in [0.1, 0.15) is 21.7 Å². The zero-order valence-electron chi connectivity index (χ0n) is 16.7. The third kappa shape index (κ3) is 3.34. The number of fused-ring (bicyclic) bond motifs is 1. The first-order valence-corrected chi connectivity index (χ1v) is 10.4. The molecule has 5 aromatic rings. The summed E-state index contributed by atoms with van der Waals surface area (Å²) in [6.07, 6.45) is 1.58. The van der Waals surface area contributed by atoms with E-state index >= 15 is 0 Å². The molecule has 4 heterocycles. The summed E-state index contributed by atoms with van der Waals surface area (Å²) in [5.74, 6) is -0.344. The zero-order chi connectivity index (χ0) is 21.5. The number of H-pyrrole nitrogens is 1. The minimum Gasteiger partial charge on any atom is -0.463 e. The normalized spacial score (nSPS) is 11.2. The Morgan fingerprint density at radius 1 is 1.16 bits per heavy atom. The molecule has 4 aromatic heterocycles. The number of hydrogen-bond acceptors (Lipinski definition) is 6. The van der Waals surface area contributed by atoms with Crippen molar-refractivity contribution in [3.63, 3.8) is 0 Å². The van der Waals surface area contributed by atoms with E-state index in [1.807, 2.05) is 35.7 Å². The number of aryl methyl sites for hydroxylation is 2. The van der Waals surface area contributed by atoms with Crippen molar-refractivity contribution in [2.75, 3.05) is 5.32 Å². The highest BCUT2D eigenvalue weighted by Crippen LogP contribution is 2.27. The zero-order valence-corrected chi connectivity index (χ0v) is 17.5. The Bertz CT molecular complexity index is 1420. The third-order valence-electron chi connectivity index (χ3n) is 4.85. The molecule has 0 atom stereocenters. The molecule has 0 saturated heterocycles. The first kappa shape index (κ1) is 19.0. The SMILES string of the molecule is Cc1cc(NC(=O)C(=O)c2c(C)[nH]c3ccccc23)n(-c2nc(-c3ccco3)cs2)n1. The molecule has 0 aliphatic heterocycles. The van der Waals surface area contributed by atoms with Crippen LogP contribution in [0.25, 0.3) is 27.5 Å². The first-order valence-electron chi connectivity index (χ1n) is 9.50. The summed E-state index contributed by atoms with van der Waals surface area (Å²) in [6.45, 7) is 3.58. The molecule has 8 nitrogen and oxygen atoms in total. The number of nitrogens with zero attached hydrogens (tertiary/aromatic N) is 3. The van der Waals surface area contributed by atoms with Crippen molar-refractivity contribution in [1.82, 2.24) is 19.7 Å². The van der Waals surface area contributed by atoms with Gasteiger partial charge in [-0.2, -0.15) is 9.78 Å². The predicted molar refractivity (Wildman–Crippen MR) is 118 cm³/mol. The van der Waals surface area contributed by atoms with E-state index in [1.165, 1.54) is 16.0 Å². The minimum atomic E-state index is -0.739. The Balaban J connectivity index is 1.45. The van der Waals surface area contributed by atoms with Crippen LogP contribution in [0.2, 0.25) is 0 Å². The number of carbonyl (C=O) groups is 2. The highest BCUT2D eigenvalue weighted by molar-refractivity contribution is 7.12. The van der Waals surface area contributed by atoms with Crippen molar-refractivity contribution in [2.24, 2.45) is 0 Å². The molecular weight excluding hydrogens is 414 g/mol. The topological polar surface area (TPSA) is 106 Å². The standard InChI is InChI=1S/C22H17N5O3S/c1-12-10-18(27(26-12)22-24-16(11-31-22)17-8-5-9-30-17)25-21(29)20(28)19-13(2)23-15-7-4-3-6-14(15)19/h3-11,23H,1-2H3,(H,25,29). The molecule has 0 spiro atoms. The number of benzene rings is 1. The number of ketones is 1. The van der Waals surface area contributed by atoms with E-state index < -0.39 is 11.7 Å². The summed E-state index contributed by atoms with van der Waals surface area (Å²) in [4.78, 5) is 33.5. The molecule has 5 rings (SSSR count). The predicted octanol–water partition coefficient (Wildman–Crippen LogP) is 4.51. The molecule has 1 aromatic carbocycles. The molecule has 0 aliphatic rings. The summed E-state index contributed by atoms with van der Waals surface area (Å²) in [6, 6.07) is 12.7. The fraction of sp³-hybridized carbons (Fsp3) is 0.0909. The van der Waals surface area contributed by atoms with Crippen LogP contribution in [0, 0.1) is 13.8 Å². The number of rotatable bonds is 5. The number of anilines is 1. The van der Waals surface area contributed by atoms with Gasteiger partial charge in [-0.15, -0.1) is 11.3 Å². The summed E-state index contributed by atoms with van der Waals surface area (Å²) in [5.41, 5.74) is 3.17. The van der Waals surface area contributed by atoms with Gasteiger partial charge in [-0.25, -0.2) is 4.98 Å². The van der Waals surface area contributed by atoms with Crippen molar-refractivity contribution >= 4 is 39.7 Å². The number of thiazole rings is 1. The molecule has 0 fully saturated rings. The average molecular weight is 431 g/mol. The average Bonchev–Trinajstić information content (AvgIpc) is 3.53. The fourth-order valence-electron chi connectivity index (χ4n) is 3.49. The fourth-order valence-corrected chi connectivity index (χ4v) is 4.27. The Kier molecular flexibility index (Phi) is 4.52. The lowest BCUT2D eigenvalue weighted by molar-refractivity contribution is -0.112. The van der Waals surface area contributed by atoms with Crippen molar-refractivity contribution in [2.45, 2.75) is 13.8 Å². The van der Waals surface area contributed by atoms with Crippen LogP contribution in [0.5, 0.6) is 0 Å². The number of hydrogen-bond donors (Lipinski definition) is 2. The van der Waals surface area contributed by atoms with E-state index in [1.54, 1.807) is 32.2 Å². The Hall–Kier alpha value is -3.98. The van der Waals surface area contributed by atoms with Crippen molar-refractivity contribution < 1.29 is 14.0 Å². The van der Waals surface area contributed by atoms with Crippen molar-refractivity contribution in [3.05, 3.63) is 71.1 Å². The van der Waals surface area contributed by atoms with Crippen LogP contribution in [0.3, 0.4) is 0 Å².